The van der Waals surface area contributed by atoms with E-state index in [9.17, 15) is 4.79 Å². The van der Waals surface area contributed by atoms with Gasteiger partial charge in [0.15, 0.2) is 5.57 Å². The molecule has 5 nitrogen and oxygen atoms in total. The Balaban J connectivity index is 2.63. The predicted molar refractivity (Wildman–Crippen MR) is 51.2 cm³/mol. The number of likely N-dealkylation sites (tertiary alicyclic amines) is 1. The van der Waals surface area contributed by atoms with Gasteiger partial charge in [-0.15, -0.1) is 0 Å². The molecule has 0 aromatic carbocycles. The molecule has 1 aliphatic rings. The van der Waals surface area contributed by atoms with Gasteiger partial charge in [-0.05, 0) is 19.8 Å². The first-order chi connectivity index (χ1) is 7.19. The molecule has 1 rings (SSSR count). The van der Waals surface area contributed by atoms with Crippen molar-refractivity contribution in [3.8, 4) is 12.1 Å². The standard InChI is InChI=1S/C10H11N3O2/c1-8(9(6-11)7-12)15-10(14)13-4-2-3-5-13/h2-5H2,1H3. The number of allylic oxidation sites excluding steroid dienone is 2. The van der Waals surface area contributed by atoms with Gasteiger partial charge in [0, 0.05) is 13.1 Å². The molecular formula is C10H11N3O2. The number of carbonyl (C=O) groups is 1. The van der Waals surface area contributed by atoms with E-state index in [1.54, 1.807) is 17.0 Å². The zero-order valence-electron chi connectivity index (χ0n) is 8.49. The molecule has 1 heterocycles. The van der Waals surface area contributed by atoms with Crippen LogP contribution in [0.2, 0.25) is 0 Å². The van der Waals surface area contributed by atoms with Crippen LogP contribution in [0.25, 0.3) is 0 Å². The van der Waals surface area contributed by atoms with Gasteiger partial charge in [-0.1, -0.05) is 0 Å². The summed E-state index contributed by atoms with van der Waals surface area (Å²) < 4.78 is 4.90. The molecule has 0 saturated carbocycles. The van der Waals surface area contributed by atoms with Crippen LogP contribution >= 0.6 is 0 Å². The molecule has 0 atom stereocenters. The highest BCUT2D eigenvalue weighted by molar-refractivity contribution is 5.69. The largest absolute Gasteiger partial charge is 0.414 e. The molecular weight excluding hydrogens is 194 g/mol. The number of hydrogen-bond donors (Lipinski definition) is 0. The number of nitrogens with zero attached hydrogens (tertiary/aromatic N) is 3. The Morgan fingerprint density at radius 1 is 1.27 bits per heavy atom. The molecule has 1 aliphatic heterocycles. The highest BCUT2D eigenvalue weighted by atomic mass is 16.6. The lowest BCUT2D eigenvalue weighted by Gasteiger charge is -2.14. The van der Waals surface area contributed by atoms with Gasteiger partial charge in [0.25, 0.3) is 0 Å². The molecule has 5 heteroatoms. The number of ether oxygens (including phenoxy) is 1. The second kappa shape index (κ2) is 5.02. The topological polar surface area (TPSA) is 77.1 Å². The normalized spacial score (nSPS) is 13.9. The fraction of sp³-hybridized carbons (Fsp3) is 0.500. The molecule has 0 aliphatic carbocycles. The van der Waals surface area contributed by atoms with Crippen LogP contribution in [0.1, 0.15) is 19.8 Å². The monoisotopic (exact) mass is 205 g/mol. The summed E-state index contributed by atoms with van der Waals surface area (Å²) in [6.07, 6.45) is 1.47. The van der Waals surface area contributed by atoms with Crippen molar-refractivity contribution in [2.75, 3.05) is 13.1 Å². The van der Waals surface area contributed by atoms with Gasteiger partial charge in [-0.25, -0.2) is 4.79 Å². The predicted octanol–water partition coefficient (Wildman–Crippen LogP) is 1.54. The molecule has 1 saturated heterocycles. The van der Waals surface area contributed by atoms with Gasteiger partial charge in [0.1, 0.15) is 17.9 Å². The van der Waals surface area contributed by atoms with Crippen molar-refractivity contribution in [3.63, 3.8) is 0 Å². The van der Waals surface area contributed by atoms with Crippen LogP contribution in [-0.2, 0) is 4.74 Å². The third-order valence-electron chi connectivity index (χ3n) is 2.18. The molecule has 0 spiro atoms. The Labute approximate surface area is 88.1 Å². The minimum Gasteiger partial charge on any atom is -0.413 e. The zero-order chi connectivity index (χ0) is 11.3. The lowest BCUT2D eigenvalue weighted by molar-refractivity contribution is 0.138. The average Bonchev–Trinajstić information content (AvgIpc) is 2.72. The van der Waals surface area contributed by atoms with E-state index >= 15 is 0 Å². The minimum absolute atomic E-state index is 0.0666. The molecule has 1 amide bonds. The van der Waals surface area contributed by atoms with Gasteiger partial charge < -0.3 is 9.64 Å². The van der Waals surface area contributed by atoms with Gasteiger partial charge in [0.05, 0.1) is 0 Å². The van der Waals surface area contributed by atoms with Crippen molar-refractivity contribution in [2.45, 2.75) is 19.8 Å². The van der Waals surface area contributed by atoms with Crippen molar-refractivity contribution >= 4 is 6.09 Å². The first-order valence-corrected chi connectivity index (χ1v) is 4.67. The Kier molecular flexibility index (Phi) is 3.70. The maximum atomic E-state index is 11.4. The SMILES string of the molecule is CC(OC(=O)N1CCCC1)=C(C#N)C#N. The fourth-order valence-electron chi connectivity index (χ4n) is 1.33. The van der Waals surface area contributed by atoms with Crippen LogP contribution in [-0.4, -0.2) is 24.1 Å². The molecule has 0 N–H and O–H groups in total. The highest BCUT2D eigenvalue weighted by Crippen LogP contribution is 2.12. The van der Waals surface area contributed by atoms with Crippen molar-refractivity contribution in [1.82, 2.24) is 4.90 Å². The first kappa shape index (κ1) is 11.1. The number of amides is 1. The summed E-state index contributed by atoms with van der Waals surface area (Å²) in [4.78, 5) is 13.0. The molecule has 0 bridgehead atoms. The van der Waals surface area contributed by atoms with Crippen molar-refractivity contribution < 1.29 is 9.53 Å². The molecule has 0 unspecified atom stereocenters. The minimum atomic E-state index is -0.479. The summed E-state index contributed by atoms with van der Waals surface area (Å²) in [5.41, 5.74) is -0.164. The maximum Gasteiger partial charge on any atom is 0.414 e. The maximum absolute atomic E-state index is 11.4. The van der Waals surface area contributed by atoms with Crippen LogP contribution in [0, 0.1) is 22.7 Å². The van der Waals surface area contributed by atoms with E-state index in [1.165, 1.54) is 6.92 Å². The lowest BCUT2D eigenvalue weighted by Crippen LogP contribution is -2.28. The molecule has 0 radical (unpaired) electrons. The van der Waals surface area contributed by atoms with Gasteiger partial charge in [0.2, 0.25) is 0 Å². The van der Waals surface area contributed by atoms with Crippen LogP contribution in [0.4, 0.5) is 4.79 Å². The van der Waals surface area contributed by atoms with Crippen molar-refractivity contribution in [2.24, 2.45) is 0 Å². The second-order valence-corrected chi connectivity index (χ2v) is 3.22. The Morgan fingerprint density at radius 3 is 2.27 bits per heavy atom. The van der Waals surface area contributed by atoms with Gasteiger partial charge in [-0.2, -0.15) is 10.5 Å². The van der Waals surface area contributed by atoms with E-state index in [0.29, 0.717) is 13.1 Å². The summed E-state index contributed by atoms with van der Waals surface area (Å²) in [7, 11) is 0. The summed E-state index contributed by atoms with van der Waals surface area (Å²) in [6.45, 7) is 2.80. The molecule has 0 aromatic rings. The average molecular weight is 205 g/mol. The van der Waals surface area contributed by atoms with Crippen LogP contribution in [0.5, 0.6) is 0 Å². The number of nitriles is 2. The Morgan fingerprint density at radius 2 is 1.80 bits per heavy atom. The first-order valence-electron chi connectivity index (χ1n) is 4.67. The quantitative estimate of drug-likeness (QED) is 0.480. The van der Waals surface area contributed by atoms with Crippen LogP contribution < -0.4 is 0 Å². The number of rotatable bonds is 1. The molecule has 15 heavy (non-hydrogen) atoms. The smallest absolute Gasteiger partial charge is 0.413 e. The third-order valence-corrected chi connectivity index (χ3v) is 2.18. The van der Waals surface area contributed by atoms with Crippen LogP contribution in [0.3, 0.4) is 0 Å². The number of hydrogen-bond acceptors (Lipinski definition) is 4. The van der Waals surface area contributed by atoms with Crippen molar-refractivity contribution in [1.29, 1.82) is 10.5 Å². The lowest BCUT2D eigenvalue weighted by atomic mass is 10.3. The van der Waals surface area contributed by atoms with Gasteiger partial charge in [-0.3, -0.25) is 0 Å². The van der Waals surface area contributed by atoms with Crippen LogP contribution in [0.15, 0.2) is 11.3 Å². The van der Waals surface area contributed by atoms with E-state index in [1.807, 2.05) is 0 Å². The molecule has 0 aromatic heterocycles. The third kappa shape index (κ3) is 2.72. The molecule has 1 fully saturated rings. The summed E-state index contributed by atoms with van der Waals surface area (Å²) in [6, 6.07) is 3.34. The zero-order valence-corrected chi connectivity index (χ0v) is 8.49. The Bertz CT molecular complexity index is 351. The van der Waals surface area contributed by atoms with E-state index in [4.69, 9.17) is 15.3 Å². The van der Waals surface area contributed by atoms with Gasteiger partial charge >= 0.3 is 6.09 Å². The summed E-state index contributed by atoms with van der Waals surface area (Å²) in [5, 5.41) is 17.1. The summed E-state index contributed by atoms with van der Waals surface area (Å²) in [5.74, 6) is 0.0666. The fourth-order valence-corrected chi connectivity index (χ4v) is 1.33. The van der Waals surface area contributed by atoms with E-state index in [0.717, 1.165) is 12.8 Å². The highest BCUT2D eigenvalue weighted by Gasteiger charge is 2.20. The van der Waals surface area contributed by atoms with E-state index in [-0.39, 0.29) is 11.3 Å². The number of carbonyl (C=O) groups excluding carboxylic acids is 1. The van der Waals surface area contributed by atoms with Crippen molar-refractivity contribution in [3.05, 3.63) is 11.3 Å². The Hall–Kier alpha value is -2.01. The summed E-state index contributed by atoms with van der Waals surface area (Å²) >= 11 is 0. The second-order valence-electron chi connectivity index (χ2n) is 3.22. The van der Waals surface area contributed by atoms with E-state index < -0.39 is 6.09 Å². The van der Waals surface area contributed by atoms with E-state index in [2.05, 4.69) is 0 Å². The molecule has 78 valence electrons.